The average Bonchev–Trinajstić information content (AvgIpc) is 3.63. The van der Waals surface area contributed by atoms with Crippen LogP contribution in [0.4, 0.5) is 27.7 Å². The van der Waals surface area contributed by atoms with E-state index in [1.54, 1.807) is 7.11 Å². The monoisotopic (exact) mass is 567 g/mol. The number of nitrogens with two attached hydrogens (primary N) is 1. The van der Waals surface area contributed by atoms with Gasteiger partial charge >= 0.3 is 0 Å². The maximum Gasteiger partial charge on any atom is 0.248 e. The Morgan fingerprint density at radius 2 is 1.90 bits per heavy atom. The van der Waals surface area contributed by atoms with E-state index in [4.69, 9.17) is 10.5 Å². The third-order valence-electron chi connectivity index (χ3n) is 8.45. The number of nitrogen functional groups attached to an aromatic ring is 1. The Hall–Kier alpha value is -4.64. The summed E-state index contributed by atoms with van der Waals surface area (Å²) in [6.07, 6.45) is 12.6. The number of nitrogens with one attached hydrogen (secondary N) is 2. The van der Waals surface area contributed by atoms with Gasteiger partial charge in [0.2, 0.25) is 11.9 Å². The average molecular weight is 568 g/mol. The number of piperidine rings is 1. The summed E-state index contributed by atoms with van der Waals surface area (Å²) < 4.78 is 22.1. The van der Waals surface area contributed by atoms with Crippen molar-refractivity contribution in [1.82, 2.24) is 25.1 Å². The van der Waals surface area contributed by atoms with Crippen molar-refractivity contribution < 1.29 is 9.13 Å². The summed E-state index contributed by atoms with van der Waals surface area (Å²) in [5.41, 5.74) is 12.4. The summed E-state index contributed by atoms with van der Waals surface area (Å²) in [6.45, 7) is 4.14. The van der Waals surface area contributed by atoms with Crippen molar-refractivity contribution in [3.63, 3.8) is 0 Å². The molecule has 2 fully saturated rings. The van der Waals surface area contributed by atoms with E-state index in [1.807, 2.05) is 54.6 Å². The van der Waals surface area contributed by atoms with E-state index in [-0.39, 0.29) is 17.7 Å². The van der Waals surface area contributed by atoms with Crippen LogP contribution in [0.25, 0.3) is 11.8 Å². The second-order valence-electron chi connectivity index (χ2n) is 11.0. The summed E-state index contributed by atoms with van der Waals surface area (Å²) in [7, 11) is 1.65. The molecule has 2 aromatic carbocycles. The van der Waals surface area contributed by atoms with Crippen LogP contribution in [-0.4, -0.2) is 64.8 Å². The number of hydrazone groups is 1. The number of rotatable bonds is 5. The van der Waals surface area contributed by atoms with Gasteiger partial charge < -0.3 is 25.6 Å². The molecule has 0 spiro atoms. The number of methoxy groups -OCH3 is 1. The van der Waals surface area contributed by atoms with Gasteiger partial charge in [0.05, 0.1) is 18.5 Å². The third kappa shape index (κ3) is 5.00. The Balaban J connectivity index is 1.06. The summed E-state index contributed by atoms with van der Waals surface area (Å²) >= 11 is 0. The molecule has 4 heterocycles. The number of hydrogen-bond acceptors (Lipinski definition) is 9. The highest BCUT2D eigenvalue weighted by Gasteiger charge is 2.27. The zero-order chi connectivity index (χ0) is 28.6. The maximum absolute atomic E-state index is 15.2. The predicted octanol–water partition coefficient (Wildman–Crippen LogP) is 2.67. The fourth-order valence-corrected chi connectivity index (χ4v) is 6.26. The Bertz CT molecular complexity index is 1730. The molecule has 11 heteroatoms. The molecule has 0 amide bonds. The first-order valence-electron chi connectivity index (χ1n) is 14.5. The van der Waals surface area contributed by atoms with Crippen LogP contribution in [0.5, 0.6) is 5.75 Å². The molecule has 2 saturated heterocycles. The van der Waals surface area contributed by atoms with Gasteiger partial charge in [0, 0.05) is 35.6 Å². The SMILES string of the molecule is COc1ccc2c(c1)=CC=CC1=CC(n3nc(Nc4ccc(N5CCC(N6CCCC6)CC5)c(F)c4)nc3N)=NNC=21. The Morgan fingerprint density at radius 3 is 2.69 bits per heavy atom. The summed E-state index contributed by atoms with van der Waals surface area (Å²) in [6, 6.07) is 11.7. The molecule has 3 aromatic rings. The molecule has 1 aromatic heterocycles. The molecule has 4 aliphatic rings. The number of hydrogen-bond donors (Lipinski definition) is 3. The number of nitrogens with zero attached hydrogens (tertiary/aromatic N) is 6. The van der Waals surface area contributed by atoms with Crippen LogP contribution >= 0.6 is 0 Å². The number of allylic oxidation sites excluding steroid dienone is 2. The number of ether oxygens (including phenoxy) is 1. The highest BCUT2D eigenvalue weighted by molar-refractivity contribution is 6.01. The van der Waals surface area contributed by atoms with E-state index in [2.05, 4.69) is 35.7 Å². The lowest BCUT2D eigenvalue weighted by Crippen LogP contribution is -2.44. The highest BCUT2D eigenvalue weighted by Crippen LogP contribution is 2.29. The van der Waals surface area contributed by atoms with E-state index in [0.29, 0.717) is 23.3 Å². The van der Waals surface area contributed by atoms with Crippen LogP contribution in [-0.2, 0) is 0 Å². The zero-order valence-electron chi connectivity index (χ0n) is 23.6. The molecule has 7 rings (SSSR count). The maximum atomic E-state index is 15.2. The van der Waals surface area contributed by atoms with Crippen molar-refractivity contribution >= 4 is 40.9 Å². The molecular formula is C31H34FN9O. The standard InChI is InChI=1S/C31H34FN9O/c1-42-24-8-9-25-20(17-24)5-4-6-21-18-28(36-37-29(21)25)41-30(33)35-31(38-41)34-22-7-10-27(26(32)19-22)40-15-11-23(12-16-40)39-13-2-3-14-39/h4-10,17-19,23,37H,2-3,11-16H2,1H3,(H3,33,34,35,38). The molecule has 0 atom stereocenters. The van der Waals surface area contributed by atoms with Gasteiger partial charge in [-0.3, -0.25) is 5.43 Å². The van der Waals surface area contributed by atoms with Gasteiger partial charge in [0.25, 0.3) is 0 Å². The van der Waals surface area contributed by atoms with Gasteiger partial charge in [0.1, 0.15) is 11.6 Å². The minimum absolute atomic E-state index is 0.158. The topological polar surface area (TPSA) is 109 Å². The molecule has 42 heavy (non-hydrogen) atoms. The quantitative estimate of drug-likeness (QED) is 0.432. The Labute approximate surface area is 243 Å². The fraction of sp³-hybridized carbons (Fsp3) is 0.323. The van der Waals surface area contributed by atoms with Crippen LogP contribution in [0, 0.1) is 5.82 Å². The molecule has 216 valence electrons. The lowest BCUT2D eigenvalue weighted by molar-refractivity contribution is 0.207. The number of fused-ring (bicyclic) bond motifs is 2. The molecule has 0 bridgehead atoms. The van der Waals surface area contributed by atoms with Gasteiger partial charge in [-0.05, 0) is 86.5 Å². The minimum Gasteiger partial charge on any atom is -0.497 e. The van der Waals surface area contributed by atoms with Crippen LogP contribution in [0.1, 0.15) is 25.7 Å². The van der Waals surface area contributed by atoms with E-state index in [9.17, 15) is 0 Å². The van der Waals surface area contributed by atoms with Gasteiger partial charge in [-0.25, -0.2) is 4.39 Å². The van der Waals surface area contributed by atoms with Crippen LogP contribution in [0.3, 0.4) is 0 Å². The zero-order valence-corrected chi connectivity index (χ0v) is 23.6. The summed E-state index contributed by atoms with van der Waals surface area (Å²) in [4.78, 5) is 9.10. The predicted molar refractivity (Wildman–Crippen MR) is 163 cm³/mol. The number of halogens is 1. The van der Waals surface area contributed by atoms with Crippen LogP contribution < -0.4 is 36.6 Å². The van der Waals surface area contributed by atoms with E-state index in [0.717, 1.165) is 53.4 Å². The molecular weight excluding hydrogens is 533 g/mol. The molecule has 0 unspecified atom stereocenters. The fourth-order valence-electron chi connectivity index (χ4n) is 6.26. The first-order chi connectivity index (χ1) is 20.6. The van der Waals surface area contributed by atoms with E-state index >= 15 is 4.39 Å². The van der Waals surface area contributed by atoms with E-state index < -0.39 is 0 Å². The van der Waals surface area contributed by atoms with Gasteiger partial charge in [0.15, 0.2) is 5.84 Å². The van der Waals surface area contributed by atoms with Crippen molar-refractivity contribution in [3.05, 3.63) is 76.5 Å². The second-order valence-corrected chi connectivity index (χ2v) is 11.0. The molecule has 0 radical (unpaired) electrons. The third-order valence-corrected chi connectivity index (χ3v) is 8.45. The summed E-state index contributed by atoms with van der Waals surface area (Å²) in [5, 5.41) is 14.1. The number of benzene rings is 2. The second kappa shape index (κ2) is 11.0. The number of aromatic nitrogens is 3. The Kier molecular flexibility index (Phi) is 6.87. The van der Waals surface area contributed by atoms with Crippen molar-refractivity contribution in [3.8, 4) is 5.75 Å². The van der Waals surface area contributed by atoms with Crippen LogP contribution in [0.15, 0.2) is 65.3 Å². The van der Waals surface area contributed by atoms with Gasteiger partial charge in [-0.15, -0.1) is 5.10 Å². The van der Waals surface area contributed by atoms with Crippen LogP contribution in [0.2, 0.25) is 0 Å². The molecule has 0 saturated carbocycles. The lowest BCUT2D eigenvalue weighted by Gasteiger charge is -2.37. The van der Waals surface area contributed by atoms with Gasteiger partial charge in [-0.1, -0.05) is 18.2 Å². The largest absolute Gasteiger partial charge is 0.497 e. The molecule has 3 aliphatic heterocycles. The lowest BCUT2D eigenvalue weighted by atomic mass is 10.0. The normalized spacial score (nSPS) is 18.8. The van der Waals surface area contributed by atoms with Crippen molar-refractivity contribution in [1.29, 1.82) is 0 Å². The first-order valence-corrected chi connectivity index (χ1v) is 14.5. The highest BCUT2D eigenvalue weighted by atomic mass is 19.1. The number of likely N-dealkylation sites (tertiary alicyclic amines) is 1. The number of anilines is 4. The Morgan fingerprint density at radius 1 is 1.07 bits per heavy atom. The summed E-state index contributed by atoms with van der Waals surface area (Å²) in [5.74, 6) is 1.41. The first kappa shape index (κ1) is 26.3. The van der Waals surface area contributed by atoms with Crippen molar-refractivity contribution in [2.24, 2.45) is 5.10 Å². The minimum atomic E-state index is -0.268. The van der Waals surface area contributed by atoms with Crippen molar-refractivity contribution in [2.75, 3.05) is 49.2 Å². The van der Waals surface area contributed by atoms with E-state index in [1.165, 1.54) is 36.7 Å². The molecule has 4 N–H and O–H groups in total. The molecule has 1 aliphatic carbocycles. The smallest absolute Gasteiger partial charge is 0.248 e. The van der Waals surface area contributed by atoms with Crippen molar-refractivity contribution in [2.45, 2.75) is 31.7 Å². The van der Waals surface area contributed by atoms with Gasteiger partial charge in [-0.2, -0.15) is 14.8 Å². The molecule has 10 nitrogen and oxygen atoms in total.